The highest BCUT2D eigenvalue weighted by atomic mass is 16.4. The Labute approximate surface area is 133 Å². The molecule has 0 aliphatic rings. The zero-order chi connectivity index (χ0) is 16.8. The van der Waals surface area contributed by atoms with E-state index in [0.29, 0.717) is 12.6 Å². The third-order valence-corrected chi connectivity index (χ3v) is 3.25. The van der Waals surface area contributed by atoms with Crippen molar-refractivity contribution in [1.82, 2.24) is 4.57 Å². The number of carbonyl (C=O) groups is 2. The highest BCUT2D eigenvalue weighted by Crippen LogP contribution is 2.10. The lowest BCUT2D eigenvalue weighted by Gasteiger charge is -2.07. The predicted octanol–water partition coefficient (Wildman–Crippen LogP) is 2.95. The van der Waals surface area contributed by atoms with Crippen LogP contribution in [0.15, 0.2) is 60.5 Å². The Bertz CT molecular complexity index is 767. The molecule has 0 amide bonds. The summed E-state index contributed by atoms with van der Waals surface area (Å²) >= 11 is 0. The normalized spacial score (nSPS) is 11.8. The number of nitrogens with zero attached hydrogens (tertiary/aromatic N) is 1. The van der Waals surface area contributed by atoms with Gasteiger partial charge in [-0.3, -0.25) is 4.79 Å². The van der Waals surface area contributed by atoms with E-state index in [1.54, 1.807) is 6.08 Å². The van der Waals surface area contributed by atoms with Crippen LogP contribution in [0.3, 0.4) is 0 Å². The molecule has 0 aliphatic carbocycles. The average Bonchev–Trinajstić information content (AvgIpc) is 2.94. The fourth-order valence-electron chi connectivity index (χ4n) is 2.02. The number of aromatic nitrogens is 1. The van der Waals surface area contributed by atoms with Crippen LogP contribution in [-0.4, -0.2) is 26.5 Å². The molecule has 2 rings (SSSR count). The number of aliphatic carboxylic acids is 1. The van der Waals surface area contributed by atoms with E-state index in [9.17, 15) is 9.59 Å². The molecule has 1 aromatic heterocycles. The van der Waals surface area contributed by atoms with Crippen LogP contribution in [0.4, 0.5) is 0 Å². The highest BCUT2D eigenvalue weighted by molar-refractivity contribution is 6.05. The number of aliphatic hydroxyl groups is 1. The zero-order valence-electron chi connectivity index (χ0n) is 12.6. The SMILES string of the molecule is Cc1ccc(Cn2cccc2/C=C/C(=O)C=C(O)C(=O)O)cc1. The second-order valence-electron chi connectivity index (χ2n) is 5.12. The first-order valence-electron chi connectivity index (χ1n) is 7.02. The lowest BCUT2D eigenvalue weighted by atomic mass is 10.1. The van der Waals surface area contributed by atoms with E-state index in [1.165, 1.54) is 11.6 Å². The van der Waals surface area contributed by atoms with Crippen LogP contribution in [0.1, 0.15) is 16.8 Å². The molecule has 1 aromatic carbocycles. The van der Waals surface area contributed by atoms with Gasteiger partial charge >= 0.3 is 5.97 Å². The number of hydrogen-bond donors (Lipinski definition) is 2. The molecule has 5 nitrogen and oxygen atoms in total. The Kier molecular flexibility index (Phi) is 5.15. The Morgan fingerprint density at radius 2 is 1.83 bits per heavy atom. The lowest BCUT2D eigenvalue weighted by molar-refractivity contribution is -0.135. The number of ketones is 1. The van der Waals surface area contributed by atoms with Gasteiger partial charge in [0.1, 0.15) is 0 Å². The Balaban J connectivity index is 2.10. The predicted molar refractivity (Wildman–Crippen MR) is 87.1 cm³/mol. The van der Waals surface area contributed by atoms with Crippen LogP contribution >= 0.6 is 0 Å². The first kappa shape index (κ1) is 16.3. The van der Waals surface area contributed by atoms with Gasteiger partial charge in [-0.25, -0.2) is 4.79 Å². The fourth-order valence-corrected chi connectivity index (χ4v) is 2.02. The molecule has 23 heavy (non-hydrogen) atoms. The van der Waals surface area contributed by atoms with E-state index >= 15 is 0 Å². The monoisotopic (exact) mass is 311 g/mol. The molecule has 0 fully saturated rings. The van der Waals surface area contributed by atoms with Crippen LogP contribution in [-0.2, 0) is 16.1 Å². The number of carbonyl (C=O) groups excluding carboxylic acids is 1. The molecule has 0 aliphatic heterocycles. The summed E-state index contributed by atoms with van der Waals surface area (Å²) in [6, 6.07) is 11.9. The van der Waals surface area contributed by atoms with Gasteiger partial charge < -0.3 is 14.8 Å². The third kappa shape index (κ3) is 4.71. The minimum Gasteiger partial charge on any atom is -0.502 e. The minimum atomic E-state index is -1.53. The number of allylic oxidation sites excluding steroid dienone is 2. The quantitative estimate of drug-likeness (QED) is 0.635. The summed E-state index contributed by atoms with van der Waals surface area (Å²) in [7, 11) is 0. The van der Waals surface area contributed by atoms with E-state index in [-0.39, 0.29) is 0 Å². The molecule has 0 atom stereocenters. The van der Waals surface area contributed by atoms with Crippen LogP contribution in [0.25, 0.3) is 6.08 Å². The van der Waals surface area contributed by atoms with Crippen molar-refractivity contribution in [1.29, 1.82) is 0 Å². The summed E-state index contributed by atoms with van der Waals surface area (Å²) in [6.07, 6.45) is 5.38. The van der Waals surface area contributed by atoms with E-state index < -0.39 is 17.5 Å². The van der Waals surface area contributed by atoms with E-state index in [1.807, 2.05) is 54.1 Å². The maximum absolute atomic E-state index is 11.6. The van der Waals surface area contributed by atoms with Gasteiger partial charge in [-0.2, -0.15) is 0 Å². The number of hydrogen-bond acceptors (Lipinski definition) is 3. The Hall–Kier alpha value is -3.08. The van der Waals surface area contributed by atoms with Crippen molar-refractivity contribution in [2.45, 2.75) is 13.5 Å². The summed E-state index contributed by atoms with van der Waals surface area (Å²) in [4.78, 5) is 22.0. The van der Waals surface area contributed by atoms with Crippen LogP contribution in [0.2, 0.25) is 0 Å². The van der Waals surface area contributed by atoms with Crippen molar-refractivity contribution in [2.75, 3.05) is 0 Å². The van der Waals surface area contributed by atoms with Crippen molar-refractivity contribution >= 4 is 17.8 Å². The molecular weight excluding hydrogens is 294 g/mol. The van der Waals surface area contributed by atoms with Crippen LogP contribution in [0.5, 0.6) is 0 Å². The molecule has 2 aromatic rings. The van der Waals surface area contributed by atoms with Gasteiger partial charge in [0.05, 0.1) is 0 Å². The summed E-state index contributed by atoms with van der Waals surface area (Å²) in [6.45, 7) is 2.69. The van der Waals surface area contributed by atoms with Crippen molar-refractivity contribution in [3.05, 3.63) is 77.3 Å². The van der Waals surface area contributed by atoms with Crippen molar-refractivity contribution in [3.63, 3.8) is 0 Å². The summed E-state index contributed by atoms with van der Waals surface area (Å²) in [5.41, 5.74) is 3.13. The topological polar surface area (TPSA) is 79.5 Å². The largest absolute Gasteiger partial charge is 0.502 e. The molecule has 0 spiro atoms. The maximum Gasteiger partial charge on any atom is 0.371 e. The summed E-state index contributed by atoms with van der Waals surface area (Å²) < 4.78 is 1.97. The molecule has 2 N–H and O–H groups in total. The van der Waals surface area contributed by atoms with Crippen molar-refractivity contribution in [2.24, 2.45) is 0 Å². The standard InChI is InChI=1S/C18H17NO4/c1-13-4-6-14(7-5-13)12-19-10-2-3-15(19)8-9-16(20)11-17(21)18(22)23/h2-11,21H,12H2,1H3,(H,22,23)/b9-8+,17-11?. The molecule has 0 bridgehead atoms. The minimum absolute atomic E-state index is 0.590. The van der Waals surface area contributed by atoms with Gasteiger partial charge in [0.25, 0.3) is 0 Å². The van der Waals surface area contributed by atoms with Gasteiger partial charge in [-0.1, -0.05) is 29.8 Å². The van der Waals surface area contributed by atoms with Gasteiger partial charge in [0.15, 0.2) is 5.78 Å². The maximum atomic E-state index is 11.6. The van der Waals surface area contributed by atoms with Crippen molar-refractivity contribution in [3.8, 4) is 0 Å². The zero-order valence-corrected chi connectivity index (χ0v) is 12.6. The Morgan fingerprint density at radius 1 is 1.13 bits per heavy atom. The third-order valence-electron chi connectivity index (χ3n) is 3.25. The van der Waals surface area contributed by atoms with Gasteiger partial charge in [0, 0.05) is 24.5 Å². The number of benzene rings is 1. The van der Waals surface area contributed by atoms with Gasteiger partial charge in [0.2, 0.25) is 5.76 Å². The first-order chi connectivity index (χ1) is 11.0. The molecule has 0 saturated carbocycles. The molecular formula is C18H17NO4. The van der Waals surface area contributed by atoms with E-state index in [0.717, 1.165) is 11.3 Å². The number of carboxylic acid groups (broad SMARTS) is 1. The fraction of sp³-hybridized carbons (Fsp3) is 0.111. The van der Waals surface area contributed by atoms with Crippen LogP contribution in [0, 0.1) is 6.92 Å². The van der Waals surface area contributed by atoms with Gasteiger partial charge in [-0.05, 0) is 36.8 Å². The van der Waals surface area contributed by atoms with E-state index in [2.05, 4.69) is 0 Å². The number of aliphatic hydroxyl groups excluding tert-OH is 1. The highest BCUT2D eigenvalue weighted by Gasteiger charge is 2.05. The smallest absolute Gasteiger partial charge is 0.371 e. The molecule has 0 saturated heterocycles. The van der Waals surface area contributed by atoms with E-state index in [4.69, 9.17) is 10.2 Å². The molecule has 1 heterocycles. The Morgan fingerprint density at radius 3 is 2.48 bits per heavy atom. The second kappa shape index (κ2) is 7.26. The van der Waals surface area contributed by atoms with Crippen LogP contribution < -0.4 is 0 Å². The first-order valence-corrected chi connectivity index (χ1v) is 7.02. The molecule has 0 radical (unpaired) electrons. The summed E-state index contributed by atoms with van der Waals surface area (Å²) in [5.74, 6) is -3.10. The van der Waals surface area contributed by atoms with Crippen molar-refractivity contribution < 1.29 is 19.8 Å². The number of aryl methyl sites for hydroxylation is 1. The molecule has 0 unspecified atom stereocenters. The van der Waals surface area contributed by atoms with Gasteiger partial charge in [-0.15, -0.1) is 0 Å². The summed E-state index contributed by atoms with van der Waals surface area (Å²) in [5, 5.41) is 17.5. The second-order valence-corrected chi connectivity index (χ2v) is 5.12. The average molecular weight is 311 g/mol. The number of carboxylic acids is 1. The molecule has 118 valence electrons. The number of rotatable bonds is 6. The lowest BCUT2D eigenvalue weighted by Crippen LogP contribution is -2.02. The molecule has 5 heteroatoms.